The van der Waals surface area contributed by atoms with Gasteiger partial charge in [0, 0.05) is 11.6 Å². The molecule has 1 aliphatic heterocycles. The number of nitrogens with one attached hydrogen (secondary N) is 1. The van der Waals surface area contributed by atoms with Crippen LogP contribution in [0.1, 0.15) is 17.2 Å². The summed E-state index contributed by atoms with van der Waals surface area (Å²) in [4.78, 5) is 12.8. The highest BCUT2D eigenvalue weighted by atomic mass is 16.6. The number of benzene rings is 3. The van der Waals surface area contributed by atoms with E-state index in [1.165, 1.54) is 24.4 Å². The van der Waals surface area contributed by atoms with E-state index >= 15 is 0 Å². The third-order valence-corrected chi connectivity index (χ3v) is 4.41. The number of phenolic OH excluding ortho intramolecular Hbond substituents is 2. The van der Waals surface area contributed by atoms with Crippen molar-refractivity contribution in [3.05, 3.63) is 83.9 Å². The molecular formula is C22H18N2O5. The van der Waals surface area contributed by atoms with Gasteiger partial charge in [0.05, 0.1) is 6.21 Å². The minimum atomic E-state index is -0.960. The number of hydrazone groups is 1. The van der Waals surface area contributed by atoms with Gasteiger partial charge in [-0.15, -0.1) is 0 Å². The summed E-state index contributed by atoms with van der Waals surface area (Å²) in [7, 11) is 0. The van der Waals surface area contributed by atoms with Gasteiger partial charge in [-0.1, -0.05) is 42.5 Å². The molecule has 0 aromatic heterocycles. The molecule has 0 saturated heterocycles. The summed E-state index contributed by atoms with van der Waals surface area (Å²) in [6, 6.07) is 20.5. The van der Waals surface area contributed by atoms with Crippen LogP contribution in [0, 0.1) is 0 Å². The van der Waals surface area contributed by atoms with Crippen molar-refractivity contribution >= 4 is 12.1 Å². The summed E-state index contributed by atoms with van der Waals surface area (Å²) in [6.45, 7) is 0. The molecule has 3 N–H and O–H groups in total. The van der Waals surface area contributed by atoms with Gasteiger partial charge in [-0.25, -0.2) is 5.43 Å². The van der Waals surface area contributed by atoms with E-state index in [0.29, 0.717) is 17.1 Å². The third-order valence-electron chi connectivity index (χ3n) is 4.41. The van der Waals surface area contributed by atoms with Crippen LogP contribution in [0.15, 0.2) is 77.9 Å². The highest BCUT2D eigenvalue weighted by Crippen LogP contribution is 2.39. The van der Waals surface area contributed by atoms with Gasteiger partial charge in [-0.3, -0.25) is 4.79 Å². The van der Waals surface area contributed by atoms with Crippen LogP contribution in [0.25, 0.3) is 0 Å². The highest BCUT2D eigenvalue weighted by molar-refractivity contribution is 5.87. The van der Waals surface area contributed by atoms with Crippen LogP contribution in [0.5, 0.6) is 23.0 Å². The molecule has 3 aromatic carbocycles. The number of aromatic hydroxyl groups is 2. The Morgan fingerprint density at radius 3 is 2.34 bits per heavy atom. The fourth-order valence-electron chi connectivity index (χ4n) is 2.99. The van der Waals surface area contributed by atoms with Gasteiger partial charge in [0.15, 0.2) is 17.6 Å². The summed E-state index contributed by atoms with van der Waals surface area (Å²) in [5, 5.41) is 23.0. The average molecular weight is 390 g/mol. The Balaban J connectivity index is 1.55. The number of hydrogen-bond donors (Lipinski definition) is 3. The van der Waals surface area contributed by atoms with E-state index in [1.54, 1.807) is 18.2 Å². The van der Waals surface area contributed by atoms with Crippen molar-refractivity contribution in [1.82, 2.24) is 5.43 Å². The van der Waals surface area contributed by atoms with Crippen LogP contribution in [0.3, 0.4) is 0 Å². The van der Waals surface area contributed by atoms with Crippen LogP contribution >= 0.6 is 0 Å². The number of nitrogens with zero attached hydrogens (tertiary/aromatic N) is 1. The zero-order valence-electron chi connectivity index (χ0n) is 15.2. The normalized spacial score (nSPS) is 17.8. The Hall–Kier alpha value is -4.00. The van der Waals surface area contributed by atoms with Gasteiger partial charge >= 0.3 is 0 Å². The molecule has 7 heteroatoms. The maximum absolute atomic E-state index is 12.8. The molecule has 1 amide bonds. The zero-order chi connectivity index (χ0) is 20.2. The largest absolute Gasteiger partial charge is 0.508 e. The van der Waals surface area contributed by atoms with E-state index in [9.17, 15) is 15.0 Å². The molecule has 3 aromatic rings. The number of phenols is 2. The van der Waals surface area contributed by atoms with E-state index in [0.717, 1.165) is 5.56 Å². The first-order valence-corrected chi connectivity index (χ1v) is 8.94. The van der Waals surface area contributed by atoms with Crippen LogP contribution in [-0.2, 0) is 4.79 Å². The number of rotatable bonds is 4. The summed E-state index contributed by atoms with van der Waals surface area (Å²) in [5.41, 5.74) is 3.56. The summed E-state index contributed by atoms with van der Waals surface area (Å²) in [6.07, 6.45) is -0.330. The second-order valence-electron chi connectivity index (χ2n) is 6.41. The topological polar surface area (TPSA) is 100 Å². The number of carbonyl (C=O) groups is 1. The van der Waals surface area contributed by atoms with E-state index < -0.39 is 18.1 Å². The number of carbonyl (C=O) groups excluding carboxylic acids is 1. The van der Waals surface area contributed by atoms with Gasteiger partial charge in [0.25, 0.3) is 5.91 Å². The molecule has 0 aliphatic carbocycles. The van der Waals surface area contributed by atoms with E-state index in [1.807, 2.05) is 36.4 Å². The molecule has 0 unspecified atom stereocenters. The Kier molecular flexibility index (Phi) is 5.03. The van der Waals surface area contributed by atoms with Crippen molar-refractivity contribution in [2.45, 2.75) is 12.2 Å². The van der Waals surface area contributed by atoms with E-state index in [2.05, 4.69) is 10.5 Å². The van der Waals surface area contributed by atoms with Gasteiger partial charge in [-0.2, -0.15) is 5.10 Å². The minimum absolute atomic E-state index is 0.0687. The smallest absolute Gasteiger partial charge is 0.285 e. The van der Waals surface area contributed by atoms with Crippen molar-refractivity contribution in [2.24, 2.45) is 5.10 Å². The Bertz CT molecular complexity index is 1050. The lowest BCUT2D eigenvalue weighted by atomic mass is 10.0. The lowest BCUT2D eigenvalue weighted by Gasteiger charge is -2.32. The molecule has 7 nitrogen and oxygen atoms in total. The molecule has 1 aliphatic rings. The first-order chi connectivity index (χ1) is 14.1. The quantitative estimate of drug-likeness (QED) is 0.469. The van der Waals surface area contributed by atoms with Crippen LogP contribution in [-0.4, -0.2) is 28.4 Å². The molecule has 0 saturated carbocycles. The first-order valence-electron chi connectivity index (χ1n) is 8.94. The molecule has 146 valence electrons. The van der Waals surface area contributed by atoms with Gasteiger partial charge in [0.1, 0.15) is 11.5 Å². The van der Waals surface area contributed by atoms with Crippen molar-refractivity contribution in [2.75, 3.05) is 0 Å². The summed E-state index contributed by atoms with van der Waals surface area (Å²) in [5.74, 6) is 0.308. The van der Waals surface area contributed by atoms with Gasteiger partial charge < -0.3 is 19.7 Å². The minimum Gasteiger partial charge on any atom is -0.508 e. The first kappa shape index (κ1) is 18.4. The van der Waals surface area contributed by atoms with E-state index in [-0.39, 0.29) is 11.5 Å². The van der Waals surface area contributed by atoms with Crippen molar-refractivity contribution in [3.8, 4) is 23.0 Å². The molecule has 0 radical (unpaired) electrons. The maximum Gasteiger partial charge on any atom is 0.285 e. The molecule has 2 atom stereocenters. The summed E-state index contributed by atoms with van der Waals surface area (Å²) < 4.78 is 12.0. The molecule has 0 fully saturated rings. The number of fused-ring (bicyclic) bond motifs is 1. The molecule has 4 rings (SSSR count). The van der Waals surface area contributed by atoms with Gasteiger partial charge in [0.2, 0.25) is 6.10 Å². The van der Waals surface area contributed by atoms with Crippen LogP contribution in [0.4, 0.5) is 0 Å². The molecule has 0 spiro atoms. The fourth-order valence-corrected chi connectivity index (χ4v) is 2.99. The number of ether oxygens (including phenoxy) is 2. The third kappa shape index (κ3) is 3.98. The second kappa shape index (κ2) is 7.93. The van der Waals surface area contributed by atoms with Crippen molar-refractivity contribution in [3.63, 3.8) is 0 Å². The predicted octanol–water partition coefficient (Wildman–Crippen LogP) is 3.13. The second-order valence-corrected chi connectivity index (χ2v) is 6.41. The van der Waals surface area contributed by atoms with E-state index in [4.69, 9.17) is 9.47 Å². The average Bonchev–Trinajstić information content (AvgIpc) is 2.75. The van der Waals surface area contributed by atoms with Crippen molar-refractivity contribution in [1.29, 1.82) is 0 Å². The lowest BCUT2D eigenvalue weighted by molar-refractivity contribution is -0.134. The standard InChI is InChI=1S/C22H18N2O5/c25-16-11-10-15(17(26)12-16)13-23-24-22(27)21-20(14-6-2-1-3-7-14)28-18-8-4-5-9-19(18)29-21/h1-13,20-21,25-26H,(H,24,27)/b23-13-/t20-,21-/m0/s1. The maximum atomic E-state index is 12.8. The highest BCUT2D eigenvalue weighted by Gasteiger charge is 2.38. The molecular weight excluding hydrogens is 372 g/mol. The van der Waals surface area contributed by atoms with Crippen molar-refractivity contribution < 1.29 is 24.5 Å². The SMILES string of the molecule is O=C(N/N=C\c1ccc(O)cc1O)[C@H]1Oc2ccccc2O[C@H]1c1ccccc1. The predicted molar refractivity (Wildman–Crippen MR) is 106 cm³/mol. The lowest BCUT2D eigenvalue weighted by Crippen LogP contribution is -2.44. The van der Waals surface area contributed by atoms with Crippen LogP contribution in [0.2, 0.25) is 0 Å². The fraction of sp³-hybridized carbons (Fsp3) is 0.0909. The van der Waals surface area contributed by atoms with Crippen LogP contribution < -0.4 is 14.9 Å². The Morgan fingerprint density at radius 2 is 1.62 bits per heavy atom. The molecule has 29 heavy (non-hydrogen) atoms. The van der Waals surface area contributed by atoms with Gasteiger partial charge in [-0.05, 0) is 29.8 Å². The number of amides is 1. The summed E-state index contributed by atoms with van der Waals surface area (Å²) >= 11 is 0. The number of para-hydroxylation sites is 2. The zero-order valence-corrected chi connectivity index (χ0v) is 15.2. The molecule has 1 heterocycles. The monoisotopic (exact) mass is 390 g/mol. The Labute approximate surface area is 166 Å². The Morgan fingerprint density at radius 1 is 0.931 bits per heavy atom. The molecule has 0 bridgehead atoms. The number of hydrogen-bond acceptors (Lipinski definition) is 6.